The molecule has 0 radical (unpaired) electrons. The SMILES string of the molecule is COC(=O)c1cc(C)nc(N2CC3(CCC3)[C@@H]2C(C)C)c1[N+](=O)[O-]. The number of pyridine rings is 1. The number of esters is 1. The van der Waals surface area contributed by atoms with Gasteiger partial charge in [0.15, 0.2) is 0 Å². The maximum absolute atomic E-state index is 12.0. The van der Waals surface area contributed by atoms with E-state index in [4.69, 9.17) is 4.74 Å². The highest BCUT2D eigenvalue weighted by molar-refractivity contribution is 5.96. The second kappa shape index (κ2) is 5.72. The quantitative estimate of drug-likeness (QED) is 0.478. The minimum atomic E-state index is -0.701. The second-order valence-corrected chi connectivity index (χ2v) is 7.26. The summed E-state index contributed by atoms with van der Waals surface area (Å²) < 4.78 is 4.73. The molecule has 1 atom stereocenters. The lowest BCUT2D eigenvalue weighted by molar-refractivity contribution is -0.384. The Morgan fingerprint density at radius 3 is 2.62 bits per heavy atom. The first-order valence-corrected chi connectivity index (χ1v) is 8.32. The molecule has 24 heavy (non-hydrogen) atoms. The third-order valence-corrected chi connectivity index (χ3v) is 5.39. The molecular weight excluding hydrogens is 310 g/mol. The summed E-state index contributed by atoms with van der Waals surface area (Å²) in [6.45, 7) is 6.79. The van der Waals surface area contributed by atoms with Crippen molar-refractivity contribution < 1.29 is 14.5 Å². The minimum absolute atomic E-state index is 0.0259. The first-order chi connectivity index (χ1) is 11.3. The fourth-order valence-corrected chi connectivity index (χ4v) is 4.40. The van der Waals surface area contributed by atoms with Crippen LogP contribution < -0.4 is 4.90 Å². The Hall–Kier alpha value is -2.18. The van der Waals surface area contributed by atoms with E-state index in [1.807, 2.05) is 4.90 Å². The van der Waals surface area contributed by atoms with Crippen molar-refractivity contribution in [2.24, 2.45) is 11.3 Å². The summed E-state index contributed by atoms with van der Waals surface area (Å²) in [5.74, 6) is -0.0346. The Morgan fingerprint density at radius 1 is 1.50 bits per heavy atom. The molecule has 0 bridgehead atoms. The molecule has 1 aliphatic heterocycles. The molecule has 2 heterocycles. The van der Waals surface area contributed by atoms with Crippen molar-refractivity contribution in [2.45, 2.75) is 46.1 Å². The summed E-state index contributed by atoms with van der Waals surface area (Å²) in [6.07, 6.45) is 3.54. The fourth-order valence-electron chi connectivity index (χ4n) is 4.40. The van der Waals surface area contributed by atoms with Crippen LogP contribution in [-0.4, -0.2) is 35.6 Å². The molecule has 2 fully saturated rings. The number of methoxy groups -OCH3 is 1. The Labute approximate surface area is 141 Å². The highest BCUT2D eigenvalue weighted by atomic mass is 16.6. The molecule has 0 amide bonds. The zero-order valence-corrected chi connectivity index (χ0v) is 14.5. The lowest BCUT2D eigenvalue weighted by atomic mass is 9.55. The number of carbonyl (C=O) groups excluding carboxylic acids is 1. The number of ether oxygens (including phenoxy) is 1. The van der Waals surface area contributed by atoms with Crippen molar-refractivity contribution in [3.8, 4) is 0 Å². The lowest BCUT2D eigenvalue weighted by Gasteiger charge is -2.64. The molecule has 1 spiro atoms. The van der Waals surface area contributed by atoms with Gasteiger partial charge in [0.25, 0.3) is 0 Å². The van der Waals surface area contributed by atoms with E-state index in [0.717, 1.165) is 19.4 Å². The topological polar surface area (TPSA) is 85.6 Å². The largest absolute Gasteiger partial charge is 0.465 e. The first kappa shape index (κ1) is 16.7. The zero-order valence-electron chi connectivity index (χ0n) is 14.5. The van der Waals surface area contributed by atoms with Crippen molar-refractivity contribution in [2.75, 3.05) is 18.6 Å². The van der Waals surface area contributed by atoms with E-state index in [0.29, 0.717) is 17.4 Å². The third-order valence-electron chi connectivity index (χ3n) is 5.39. The maximum Gasteiger partial charge on any atom is 0.345 e. The number of rotatable bonds is 4. The van der Waals surface area contributed by atoms with Crippen LogP contribution in [0, 0.1) is 28.4 Å². The van der Waals surface area contributed by atoms with E-state index in [1.54, 1.807) is 6.92 Å². The molecule has 0 unspecified atom stereocenters. The van der Waals surface area contributed by atoms with Gasteiger partial charge < -0.3 is 9.64 Å². The van der Waals surface area contributed by atoms with Crippen LogP contribution in [0.3, 0.4) is 0 Å². The van der Waals surface area contributed by atoms with Crippen molar-refractivity contribution in [1.29, 1.82) is 0 Å². The number of hydrogen-bond acceptors (Lipinski definition) is 6. The number of hydrogen-bond donors (Lipinski definition) is 0. The van der Waals surface area contributed by atoms with E-state index in [9.17, 15) is 14.9 Å². The summed E-state index contributed by atoms with van der Waals surface area (Å²) in [6, 6.07) is 1.65. The summed E-state index contributed by atoms with van der Waals surface area (Å²) in [5.41, 5.74) is 0.571. The van der Waals surface area contributed by atoms with Gasteiger partial charge in [0, 0.05) is 23.7 Å². The van der Waals surface area contributed by atoms with E-state index in [2.05, 4.69) is 18.8 Å². The maximum atomic E-state index is 12.0. The zero-order chi connectivity index (χ0) is 17.6. The van der Waals surface area contributed by atoms with Crippen molar-refractivity contribution in [1.82, 2.24) is 4.98 Å². The summed E-state index contributed by atoms with van der Waals surface area (Å²) in [7, 11) is 1.23. The lowest BCUT2D eigenvalue weighted by Crippen LogP contribution is -2.70. The van der Waals surface area contributed by atoms with Crippen LogP contribution in [0.4, 0.5) is 11.5 Å². The van der Waals surface area contributed by atoms with Gasteiger partial charge >= 0.3 is 11.7 Å². The molecule has 1 aromatic heterocycles. The number of nitrogens with zero attached hydrogens (tertiary/aromatic N) is 3. The summed E-state index contributed by atoms with van der Waals surface area (Å²) in [5, 5.41) is 11.7. The first-order valence-electron chi connectivity index (χ1n) is 8.32. The van der Waals surface area contributed by atoms with Crippen LogP contribution >= 0.6 is 0 Å². The van der Waals surface area contributed by atoms with Gasteiger partial charge in [-0.25, -0.2) is 9.78 Å². The predicted molar refractivity (Wildman–Crippen MR) is 89.2 cm³/mol. The number of aryl methyl sites for hydroxylation is 1. The van der Waals surface area contributed by atoms with Crippen LogP contribution in [0.1, 0.15) is 49.2 Å². The Balaban J connectivity index is 2.09. The molecule has 2 aliphatic rings. The molecule has 7 heteroatoms. The number of nitro groups is 1. The smallest absolute Gasteiger partial charge is 0.345 e. The summed E-state index contributed by atoms with van der Waals surface area (Å²) in [4.78, 5) is 29.6. The van der Waals surface area contributed by atoms with Crippen LogP contribution in [0.25, 0.3) is 0 Å². The molecule has 0 aromatic carbocycles. The van der Waals surface area contributed by atoms with Gasteiger partial charge in [-0.05, 0) is 31.7 Å². The molecule has 0 N–H and O–H groups in total. The molecule has 7 nitrogen and oxygen atoms in total. The van der Waals surface area contributed by atoms with Gasteiger partial charge in [0.1, 0.15) is 5.56 Å². The molecule has 130 valence electrons. The molecule has 1 aromatic rings. The molecule has 3 rings (SSSR count). The van der Waals surface area contributed by atoms with E-state index < -0.39 is 10.9 Å². The van der Waals surface area contributed by atoms with E-state index >= 15 is 0 Å². The minimum Gasteiger partial charge on any atom is -0.465 e. The molecule has 1 saturated heterocycles. The van der Waals surface area contributed by atoms with Gasteiger partial charge in [0.05, 0.1) is 12.0 Å². The number of carbonyl (C=O) groups is 1. The molecule has 1 saturated carbocycles. The van der Waals surface area contributed by atoms with E-state index in [-0.39, 0.29) is 22.7 Å². The van der Waals surface area contributed by atoms with Gasteiger partial charge in [-0.3, -0.25) is 10.1 Å². The Bertz CT molecular complexity index is 697. The van der Waals surface area contributed by atoms with Gasteiger partial charge in [-0.2, -0.15) is 0 Å². The number of anilines is 1. The van der Waals surface area contributed by atoms with Crippen molar-refractivity contribution in [3.05, 3.63) is 27.4 Å². The Kier molecular flexibility index (Phi) is 3.97. The highest BCUT2D eigenvalue weighted by Gasteiger charge is 2.58. The van der Waals surface area contributed by atoms with Crippen molar-refractivity contribution >= 4 is 17.5 Å². The van der Waals surface area contributed by atoms with Crippen LogP contribution in [0.2, 0.25) is 0 Å². The molecule has 1 aliphatic carbocycles. The van der Waals surface area contributed by atoms with Crippen molar-refractivity contribution in [3.63, 3.8) is 0 Å². The van der Waals surface area contributed by atoms with Gasteiger partial charge in [-0.15, -0.1) is 0 Å². The fraction of sp³-hybridized carbons (Fsp3) is 0.647. The van der Waals surface area contributed by atoms with Gasteiger partial charge in [-0.1, -0.05) is 20.3 Å². The van der Waals surface area contributed by atoms with E-state index in [1.165, 1.54) is 19.6 Å². The third kappa shape index (κ3) is 2.34. The highest BCUT2D eigenvalue weighted by Crippen LogP contribution is 2.57. The second-order valence-electron chi connectivity index (χ2n) is 7.26. The average molecular weight is 333 g/mol. The normalized spacial score (nSPS) is 21.4. The van der Waals surface area contributed by atoms with Crippen LogP contribution in [-0.2, 0) is 4.74 Å². The van der Waals surface area contributed by atoms with Gasteiger partial charge in [0.2, 0.25) is 5.82 Å². The molecular formula is C17H23N3O4. The number of aromatic nitrogens is 1. The summed E-state index contributed by atoms with van der Waals surface area (Å²) >= 11 is 0. The standard InChI is InChI=1S/C17H23N3O4/c1-10(2)14-17(6-5-7-17)9-19(14)15-13(20(22)23)12(16(21)24-4)8-11(3)18-15/h8,10,14H,5-7,9H2,1-4H3/t14-/m0/s1. The van der Waals surface area contributed by atoms with Crippen LogP contribution in [0.15, 0.2) is 6.07 Å². The van der Waals surface area contributed by atoms with Crippen LogP contribution in [0.5, 0.6) is 0 Å². The average Bonchev–Trinajstić information content (AvgIpc) is 2.42. The monoisotopic (exact) mass is 333 g/mol. The Morgan fingerprint density at radius 2 is 2.17 bits per heavy atom. The predicted octanol–water partition coefficient (Wildman–Crippen LogP) is 3.10.